The van der Waals surface area contributed by atoms with Crippen molar-refractivity contribution in [1.82, 2.24) is 4.98 Å². The van der Waals surface area contributed by atoms with E-state index >= 15 is 0 Å². The van der Waals surface area contributed by atoms with Gasteiger partial charge in [-0.25, -0.2) is 14.6 Å². The van der Waals surface area contributed by atoms with Gasteiger partial charge in [-0.05, 0) is 34.6 Å². The van der Waals surface area contributed by atoms with Gasteiger partial charge in [0.1, 0.15) is 5.60 Å². The molecule has 1 rings (SSSR count). The van der Waals surface area contributed by atoms with Crippen LogP contribution in [0.2, 0.25) is 0 Å². The third-order valence-electron chi connectivity index (χ3n) is 2.17. The van der Waals surface area contributed by atoms with Crippen molar-refractivity contribution in [3.05, 3.63) is 17.2 Å². The van der Waals surface area contributed by atoms with E-state index in [0.29, 0.717) is 23.0 Å². The summed E-state index contributed by atoms with van der Waals surface area (Å²) >= 11 is 1.21. The monoisotopic (exact) mass is 312 g/mol. The molecule has 116 valence electrons. The fourth-order valence-corrected chi connectivity index (χ4v) is 2.12. The van der Waals surface area contributed by atoms with Gasteiger partial charge in [0.25, 0.3) is 0 Å². The largest absolute Gasteiger partial charge is 0.462 e. The van der Waals surface area contributed by atoms with E-state index in [-0.39, 0.29) is 0 Å². The maximum atomic E-state index is 11.8. The Morgan fingerprint density at radius 2 is 2.10 bits per heavy atom. The Morgan fingerprint density at radius 3 is 2.62 bits per heavy atom. The summed E-state index contributed by atoms with van der Waals surface area (Å²) in [5.41, 5.74) is 0.251. The van der Waals surface area contributed by atoms with Crippen molar-refractivity contribution in [3.63, 3.8) is 0 Å². The van der Waals surface area contributed by atoms with Gasteiger partial charge >= 0.3 is 12.1 Å². The molecule has 0 fully saturated rings. The van der Waals surface area contributed by atoms with Crippen LogP contribution in [0.5, 0.6) is 0 Å². The number of amides is 1. The van der Waals surface area contributed by atoms with Crippen LogP contribution in [0.4, 0.5) is 9.93 Å². The number of esters is 1. The van der Waals surface area contributed by atoms with Gasteiger partial charge in [0.15, 0.2) is 5.13 Å². The molecule has 0 spiro atoms. The summed E-state index contributed by atoms with van der Waals surface area (Å²) in [4.78, 5) is 27.6. The number of rotatable bonds is 4. The molecule has 0 radical (unpaired) electrons. The number of nitrogens with zero attached hydrogens (tertiary/aromatic N) is 1. The number of anilines is 1. The Kier molecular flexibility index (Phi) is 5.90. The van der Waals surface area contributed by atoms with E-state index < -0.39 is 17.7 Å². The highest BCUT2D eigenvalue weighted by molar-refractivity contribution is 7.14. The van der Waals surface area contributed by atoms with Crippen LogP contribution in [0.25, 0.3) is 5.57 Å². The van der Waals surface area contributed by atoms with Gasteiger partial charge in [0.05, 0.1) is 17.9 Å². The van der Waals surface area contributed by atoms with Gasteiger partial charge in [-0.2, -0.15) is 0 Å². The number of aromatic nitrogens is 1. The number of thiazole rings is 1. The van der Waals surface area contributed by atoms with Crippen LogP contribution in [0.3, 0.4) is 0 Å². The van der Waals surface area contributed by atoms with Gasteiger partial charge in [-0.1, -0.05) is 6.08 Å². The lowest BCUT2D eigenvalue weighted by atomic mass is 10.2. The summed E-state index contributed by atoms with van der Waals surface area (Å²) in [7, 11) is 0. The first-order valence-electron chi connectivity index (χ1n) is 6.56. The molecule has 1 amide bonds. The Bertz CT molecular complexity index is 543. The summed E-state index contributed by atoms with van der Waals surface area (Å²) in [6, 6.07) is 0. The second-order valence-corrected chi connectivity index (χ2v) is 5.95. The van der Waals surface area contributed by atoms with Crippen LogP contribution in [-0.2, 0) is 14.3 Å². The van der Waals surface area contributed by atoms with E-state index in [1.165, 1.54) is 11.3 Å². The number of carbonyl (C=O) groups is 2. The van der Waals surface area contributed by atoms with Crippen molar-refractivity contribution in [2.45, 2.75) is 40.2 Å². The Labute approximate surface area is 128 Å². The molecule has 0 bridgehead atoms. The quantitative estimate of drug-likeness (QED) is 0.680. The zero-order valence-corrected chi connectivity index (χ0v) is 13.7. The fraction of sp³-hybridized carbons (Fsp3) is 0.500. The minimum absolute atomic E-state index is 0.295. The van der Waals surface area contributed by atoms with E-state index in [0.717, 1.165) is 0 Å². The van der Waals surface area contributed by atoms with Crippen molar-refractivity contribution in [2.24, 2.45) is 0 Å². The zero-order valence-electron chi connectivity index (χ0n) is 12.9. The van der Waals surface area contributed by atoms with E-state index in [1.807, 2.05) is 0 Å². The average Bonchev–Trinajstić information content (AvgIpc) is 2.76. The number of hydrogen-bond donors (Lipinski definition) is 1. The summed E-state index contributed by atoms with van der Waals surface area (Å²) in [5.74, 6) is -0.436. The number of ether oxygens (including phenoxy) is 2. The molecule has 1 heterocycles. The molecule has 7 heteroatoms. The normalized spacial score (nSPS) is 12.0. The average molecular weight is 312 g/mol. The van der Waals surface area contributed by atoms with Crippen LogP contribution >= 0.6 is 11.3 Å². The highest BCUT2D eigenvalue weighted by Gasteiger charge is 2.19. The Hall–Kier alpha value is -1.89. The fourth-order valence-electron chi connectivity index (χ4n) is 1.42. The minimum Gasteiger partial charge on any atom is -0.462 e. The summed E-state index contributed by atoms with van der Waals surface area (Å²) < 4.78 is 10.1. The van der Waals surface area contributed by atoms with Gasteiger partial charge in [-0.15, -0.1) is 11.3 Å². The molecule has 6 nitrogen and oxygen atoms in total. The second kappa shape index (κ2) is 7.21. The van der Waals surface area contributed by atoms with Gasteiger partial charge in [0, 0.05) is 5.38 Å². The van der Waals surface area contributed by atoms with E-state index in [9.17, 15) is 9.59 Å². The number of nitrogens with one attached hydrogen (secondary N) is 1. The van der Waals surface area contributed by atoms with E-state index in [2.05, 4.69) is 10.3 Å². The van der Waals surface area contributed by atoms with Crippen LogP contribution < -0.4 is 5.32 Å². The Morgan fingerprint density at radius 1 is 1.43 bits per heavy atom. The van der Waals surface area contributed by atoms with E-state index in [1.54, 1.807) is 46.1 Å². The van der Waals surface area contributed by atoms with Crippen LogP contribution in [0.1, 0.15) is 40.3 Å². The number of allylic oxidation sites excluding steroid dienone is 1. The molecule has 21 heavy (non-hydrogen) atoms. The first kappa shape index (κ1) is 17.2. The molecule has 0 aromatic carbocycles. The van der Waals surface area contributed by atoms with Gasteiger partial charge in [-0.3, -0.25) is 5.32 Å². The number of hydrogen-bond acceptors (Lipinski definition) is 6. The molecule has 1 aromatic rings. The molecular weight excluding hydrogens is 292 g/mol. The molecular formula is C14H20N2O4S. The second-order valence-electron chi connectivity index (χ2n) is 5.09. The van der Waals surface area contributed by atoms with Crippen LogP contribution in [0, 0.1) is 0 Å². The third-order valence-corrected chi connectivity index (χ3v) is 2.93. The van der Waals surface area contributed by atoms with Crippen LogP contribution in [0.15, 0.2) is 11.5 Å². The third kappa shape index (κ3) is 5.55. The molecule has 1 N–H and O–H groups in total. The van der Waals surface area contributed by atoms with Gasteiger partial charge in [0.2, 0.25) is 0 Å². The van der Waals surface area contributed by atoms with Crippen molar-refractivity contribution in [2.75, 3.05) is 11.9 Å². The lowest BCUT2D eigenvalue weighted by Gasteiger charge is -2.18. The maximum absolute atomic E-state index is 11.8. The molecule has 0 saturated carbocycles. The predicted molar refractivity (Wildman–Crippen MR) is 82.3 cm³/mol. The van der Waals surface area contributed by atoms with Gasteiger partial charge < -0.3 is 9.47 Å². The number of carbonyl (C=O) groups excluding carboxylic acids is 2. The van der Waals surface area contributed by atoms with Crippen molar-refractivity contribution in [3.8, 4) is 0 Å². The highest BCUT2D eigenvalue weighted by Crippen LogP contribution is 2.23. The first-order chi connectivity index (χ1) is 9.76. The molecule has 0 aliphatic heterocycles. The van der Waals surface area contributed by atoms with Crippen molar-refractivity contribution < 1.29 is 19.1 Å². The molecule has 0 atom stereocenters. The maximum Gasteiger partial charge on any atom is 0.413 e. The van der Waals surface area contributed by atoms with E-state index in [4.69, 9.17) is 9.47 Å². The zero-order chi connectivity index (χ0) is 16.0. The topological polar surface area (TPSA) is 77.5 Å². The molecule has 0 unspecified atom stereocenters. The molecule has 0 saturated heterocycles. The van der Waals surface area contributed by atoms with Crippen LogP contribution in [-0.4, -0.2) is 29.3 Å². The molecule has 0 aliphatic rings. The SMILES string of the molecule is C/C=C(/C(=O)OCC)c1csc(NC(=O)OC(C)(C)C)n1. The van der Waals surface area contributed by atoms with Crippen molar-refractivity contribution in [1.29, 1.82) is 0 Å². The lowest BCUT2D eigenvalue weighted by molar-refractivity contribution is -0.136. The summed E-state index contributed by atoms with van der Waals surface area (Å²) in [6.45, 7) is 9.09. The molecule has 0 aliphatic carbocycles. The van der Waals surface area contributed by atoms with Crippen molar-refractivity contribution >= 4 is 34.1 Å². The predicted octanol–water partition coefficient (Wildman–Crippen LogP) is 3.46. The summed E-state index contributed by atoms with van der Waals surface area (Å²) in [6.07, 6.45) is 1.05. The summed E-state index contributed by atoms with van der Waals surface area (Å²) in [5, 5.41) is 4.58. The lowest BCUT2D eigenvalue weighted by Crippen LogP contribution is -2.27. The standard InChI is InChI=1S/C14H20N2O4S/c1-6-9(11(17)19-7-2)10-8-21-12(15-10)16-13(18)20-14(3,4)5/h6,8H,7H2,1-5H3,(H,15,16,18)/b9-6+. The Balaban J connectivity index is 2.77. The highest BCUT2D eigenvalue weighted by atomic mass is 32.1. The molecule has 1 aromatic heterocycles. The first-order valence-corrected chi connectivity index (χ1v) is 7.44. The smallest absolute Gasteiger partial charge is 0.413 e. The minimum atomic E-state index is -0.582.